The van der Waals surface area contributed by atoms with E-state index in [-0.39, 0.29) is 11.6 Å². The van der Waals surface area contributed by atoms with Gasteiger partial charge in [0.15, 0.2) is 0 Å². The van der Waals surface area contributed by atoms with Gasteiger partial charge in [0.25, 0.3) is 0 Å². The molecule has 0 amide bonds. The molecule has 3 rings (SSSR count). The van der Waals surface area contributed by atoms with Crippen LogP contribution in [0.5, 0.6) is 0 Å². The third kappa shape index (κ3) is 3.96. The van der Waals surface area contributed by atoms with E-state index in [4.69, 9.17) is 0 Å². The third-order valence-electron chi connectivity index (χ3n) is 6.45. The molecule has 1 saturated carbocycles. The average molecular weight is 392 g/mol. The lowest BCUT2D eigenvalue weighted by Gasteiger charge is -2.29. The Morgan fingerprint density at radius 2 is 1.90 bits per heavy atom. The maximum absolute atomic E-state index is 13.4. The number of nitrogens with zero attached hydrogens (tertiary/aromatic N) is 1. The molecular weight excluding hydrogens is 361 g/mol. The molecule has 0 N–H and O–H groups in total. The highest BCUT2D eigenvalue weighted by Gasteiger charge is 2.46. The van der Waals surface area contributed by atoms with Gasteiger partial charge in [-0.25, -0.2) is 4.39 Å². The first-order chi connectivity index (χ1) is 13.8. The first kappa shape index (κ1) is 21.2. The fraction of sp³-hybridized carbons (Fsp3) is 0.385. The monoisotopic (exact) mass is 391 g/mol. The number of carbonyl (C=O) groups excluding carboxylic acids is 1. The number of carbonyl (C=O) groups is 1. The van der Waals surface area contributed by atoms with Gasteiger partial charge in [-0.2, -0.15) is 0 Å². The van der Waals surface area contributed by atoms with Crippen molar-refractivity contribution in [2.45, 2.75) is 58.8 Å². The second-order valence-corrected chi connectivity index (χ2v) is 8.13. The first-order valence-corrected chi connectivity index (χ1v) is 10.3. The summed E-state index contributed by atoms with van der Waals surface area (Å²) in [6.07, 6.45) is 4.72. The van der Waals surface area contributed by atoms with E-state index in [9.17, 15) is 9.18 Å². The van der Waals surface area contributed by atoms with Crippen molar-refractivity contribution in [2.24, 2.45) is 4.99 Å². The summed E-state index contributed by atoms with van der Waals surface area (Å²) in [5, 5.41) is 0. The van der Waals surface area contributed by atoms with Gasteiger partial charge in [0.1, 0.15) is 11.6 Å². The maximum atomic E-state index is 13.4. The molecule has 152 valence electrons. The van der Waals surface area contributed by atoms with Crippen LogP contribution in [0.15, 0.2) is 53.0 Å². The predicted molar refractivity (Wildman–Crippen MR) is 118 cm³/mol. The highest BCUT2D eigenvalue weighted by molar-refractivity contribution is 6.10. The quantitative estimate of drug-likeness (QED) is 0.614. The van der Waals surface area contributed by atoms with E-state index in [1.54, 1.807) is 6.07 Å². The fourth-order valence-electron chi connectivity index (χ4n) is 4.57. The number of rotatable bonds is 5. The molecule has 0 heterocycles. The van der Waals surface area contributed by atoms with Crippen molar-refractivity contribution in [2.75, 3.05) is 7.05 Å². The minimum absolute atomic E-state index is 0.210. The van der Waals surface area contributed by atoms with Crippen LogP contribution in [0.1, 0.15) is 54.0 Å². The van der Waals surface area contributed by atoms with E-state index in [0.29, 0.717) is 25.7 Å². The lowest BCUT2D eigenvalue weighted by atomic mass is 9.72. The van der Waals surface area contributed by atoms with Crippen LogP contribution >= 0.6 is 0 Å². The van der Waals surface area contributed by atoms with Crippen LogP contribution in [-0.4, -0.2) is 18.5 Å². The summed E-state index contributed by atoms with van der Waals surface area (Å²) in [5.41, 5.74) is 7.18. The van der Waals surface area contributed by atoms with Crippen molar-refractivity contribution in [3.8, 4) is 0 Å². The summed E-state index contributed by atoms with van der Waals surface area (Å²) in [5.74, 6) is 0.0618. The molecular formula is C26H30FNO. The number of hydrogen-bond acceptors (Lipinski definition) is 2. The van der Waals surface area contributed by atoms with E-state index in [1.165, 1.54) is 17.2 Å². The molecule has 1 aliphatic carbocycles. The number of halogens is 1. The van der Waals surface area contributed by atoms with Crippen LogP contribution in [0.3, 0.4) is 0 Å². The van der Waals surface area contributed by atoms with Crippen molar-refractivity contribution in [1.29, 1.82) is 0 Å². The number of benzene rings is 2. The minimum atomic E-state index is -0.538. The molecule has 1 atom stereocenters. The number of ketones is 1. The molecule has 3 heteroatoms. The minimum Gasteiger partial charge on any atom is -0.299 e. The average Bonchev–Trinajstić information content (AvgIpc) is 3.08. The van der Waals surface area contributed by atoms with Gasteiger partial charge < -0.3 is 0 Å². The molecule has 0 radical (unpaired) electrons. The topological polar surface area (TPSA) is 29.4 Å². The van der Waals surface area contributed by atoms with Crippen LogP contribution < -0.4 is 0 Å². The number of Topliss-reactive ketones (excluding diaryl/α,β-unsaturated/α-hetero) is 1. The number of hydrogen-bond donors (Lipinski definition) is 0. The molecule has 0 aromatic heterocycles. The second kappa shape index (κ2) is 8.44. The molecule has 0 unspecified atom stereocenters. The Morgan fingerprint density at radius 3 is 2.55 bits per heavy atom. The molecule has 2 aromatic carbocycles. The van der Waals surface area contributed by atoms with Gasteiger partial charge in [0.05, 0.1) is 5.41 Å². The van der Waals surface area contributed by atoms with E-state index in [1.807, 2.05) is 27.0 Å². The Hall–Kier alpha value is -2.55. The zero-order chi connectivity index (χ0) is 21.2. The molecule has 0 aliphatic heterocycles. The van der Waals surface area contributed by atoms with E-state index < -0.39 is 5.41 Å². The zero-order valence-electron chi connectivity index (χ0n) is 18.1. The van der Waals surface area contributed by atoms with Gasteiger partial charge in [-0.15, -0.1) is 0 Å². The summed E-state index contributed by atoms with van der Waals surface area (Å²) >= 11 is 0. The van der Waals surface area contributed by atoms with Gasteiger partial charge in [0, 0.05) is 25.6 Å². The van der Waals surface area contributed by atoms with Crippen LogP contribution in [0.2, 0.25) is 0 Å². The molecule has 1 aliphatic rings. The summed E-state index contributed by atoms with van der Waals surface area (Å²) in [4.78, 5) is 17.8. The zero-order valence-corrected chi connectivity index (χ0v) is 18.1. The SMILES string of the molecule is CCC(=O)[C@]1(c2cccc(C)c2C)CC(=NC)/C(=C\Cc2ccc(F)cc2C)C1. The van der Waals surface area contributed by atoms with Crippen molar-refractivity contribution in [3.05, 3.63) is 81.7 Å². The molecule has 1 fully saturated rings. The van der Waals surface area contributed by atoms with Crippen LogP contribution in [-0.2, 0) is 16.6 Å². The Labute approximate surface area is 173 Å². The smallest absolute Gasteiger partial charge is 0.143 e. The van der Waals surface area contributed by atoms with E-state index >= 15 is 0 Å². The summed E-state index contributed by atoms with van der Waals surface area (Å²) in [7, 11) is 1.81. The largest absolute Gasteiger partial charge is 0.299 e. The van der Waals surface area contributed by atoms with Crippen LogP contribution in [0.4, 0.5) is 4.39 Å². The van der Waals surface area contributed by atoms with Crippen LogP contribution in [0.25, 0.3) is 0 Å². The van der Waals surface area contributed by atoms with Gasteiger partial charge in [-0.1, -0.05) is 37.3 Å². The Morgan fingerprint density at radius 1 is 1.14 bits per heavy atom. The van der Waals surface area contributed by atoms with Gasteiger partial charge in [0.2, 0.25) is 0 Å². The number of aryl methyl sites for hydroxylation is 2. The lowest BCUT2D eigenvalue weighted by Crippen LogP contribution is -2.34. The highest BCUT2D eigenvalue weighted by Crippen LogP contribution is 2.45. The molecule has 2 nitrogen and oxygen atoms in total. The van der Waals surface area contributed by atoms with Crippen molar-refractivity contribution in [3.63, 3.8) is 0 Å². The molecule has 0 saturated heterocycles. The third-order valence-corrected chi connectivity index (χ3v) is 6.45. The molecule has 29 heavy (non-hydrogen) atoms. The van der Waals surface area contributed by atoms with Crippen LogP contribution in [0, 0.1) is 26.6 Å². The second-order valence-electron chi connectivity index (χ2n) is 8.13. The van der Waals surface area contributed by atoms with Gasteiger partial charge >= 0.3 is 0 Å². The fourth-order valence-corrected chi connectivity index (χ4v) is 4.57. The standard InChI is InChI=1S/C26H30FNO/c1-6-25(29)26(23-9-7-8-17(2)19(23)4)15-21(24(16-26)28-5)11-10-20-12-13-22(27)14-18(20)3/h7-9,11-14H,6,10,15-16H2,1-5H3/b21-11-,28-24?/t26-/m0/s1. The number of allylic oxidation sites excluding steroid dienone is 2. The van der Waals surface area contributed by atoms with E-state index in [2.05, 4.69) is 43.1 Å². The maximum Gasteiger partial charge on any atom is 0.143 e. The Bertz CT molecular complexity index is 1000. The summed E-state index contributed by atoms with van der Waals surface area (Å²) in [6.45, 7) is 8.09. The Kier molecular flexibility index (Phi) is 6.16. The molecule has 0 bridgehead atoms. The van der Waals surface area contributed by atoms with Gasteiger partial charge in [-0.05, 0) is 79.1 Å². The number of aliphatic imine (C=N–C) groups is 1. The highest BCUT2D eigenvalue weighted by atomic mass is 19.1. The first-order valence-electron chi connectivity index (χ1n) is 10.3. The van der Waals surface area contributed by atoms with E-state index in [0.717, 1.165) is 28.0 Å². The normalized spacial score (nSPS) is 21.9. The summed E-state index contributed by atoms with van der Waals surface area (Å²) < 4.78 is 13.4. The van der Waals surface area contributed by atoms with Crippen molar-refractivity contribution < 1.29 is 9.18 Å². The molecule has 2 aromatic rings. The molecule has 0 spiro atoms. The Balaban J connectivity index is 2.03. The van der Waals surface area contributed by atoms with Crippen molar-refractivity contribution >= 4 is 11.5 Å². The van der Waals surface area contributed by atoms with Crippen molar-refractivity contribution in [1.82, 2.24) is 0 Å². The van der Waals surface area contributed by atoms with Gasteiger partial charge in [-0.3, -0.25) is 9.79 Å². The lowest BCUT2D eigenvalue weighted by molar-refractivity contribution is -0.123. The summed E-state index contributed by atoms with van der Waals surface area (Å²) in [6, 6.07) is 11.2. The predicted octanol–water partition coefficient (Wildman–Crippen LogP) is 6.00.